The van der Waals surface area contributed by atoms with Crippen LogP contribution in [0.25, 0.3) is 0 Å². The second kappa shape index (κ2) is 7.85. The summed E-state index contributed by atoms with van der Waals surface area (Å²) in [7, 11) is 3.80. The molecule has 1 rings (SSSR count). The summed E-state index contributed by atoms with van der Waals surface area (Å²) in [6.45, 7) is 8.01. The molecule has 20 heavy (non-hydrogen) atoms. The van der Waals surface area contributed by atoms with Crippen molar-refractivity contribution in [1.82, 2.24) is 15.6 Å². The number of carbonyl (C=O) groups excluding carboxylic acids is 1. The highest BCUT2D eigenvalue weighted by Crippen LogP contribution is 2.16. The van der Waals surface area contributed by atoms with E-state index in [1.165, 1.54) is 0 Å². The van der Waals surface area contributed by atoms with Crippen molar-refractivity contribution in [1.29, 1.82) is 0 Å². The lowest BCUT2D eigenvalue weighted by atomic mass is 10.2. The second-order valence-electron chi connectivity index (χ2n) is 5.57. The van der Waals surface area contributed by atoms with Crippen LogP contribution >= 0.6 is 0 Å². The lowest BCUT2D eigenvalue weighted by Gasteiger charge is -2.20. The van der Waals surface area contributed by atoms with Gasteiger partial charge in [-0.15, -0.1) is 0 Å². The Morgan fingerprint density at radius 3 is 2.70 bits per heavy atom. The SMILES string of the molecule is CNCc1cnc(N(C)CC(=O)NCC(C)C)c(C)c1. The van der Waals surface area contributed by atoms with Gasteiger partial charge in [-0.05, 0) is 37.1 Å². The average molecular weight is 278 g/mol. The summed E-state index contributed by atoms with van der Waals surface area (Å²) < 4.78 is 0. The van der Waals surface area contributed by atoms with Gasteiger partial charge in [0.1, 0.15) is 5.82 Å². The van der Waals surface area contributed by atoms with Gasteiger partial charge < -0.3 is 15.5 Å². The van der Waals surface area contributed by atoms with Crippen LogP contribution in [-0.2, 0) is 11.3 Å². The number of nitrogens with zero attached hydrogens (tertiary/aromatic N) is 2. The highest BCUT2D eigenvalue weighted by atomic mass is 16.2. The number of amides is 1. The molecule has 0 aliphatic heterocycles. The zero-order valence-electron chi connectivity index (χ0n) is 13.2. The van der Waals surface area contributed by atoms with Crippen LogP contribution in [0.15, 0.2) is 12.3 Å². The van der Waals surface area contributed by atoms with Crippen LogP contribution in [0.3, 0.4) is 0 Å². The van der Waals surface area contributed by atoms with Crippen molar-refractivity contribution in [3.05, 3.63) is 23.4 Å². The van der Waals surface area contributed by atoms with Crippen LogP contribution in [-0.4, -0.2) is 38.1 Å². The fraction of sp³-hybridized carbons (Fsp3) is 0.600. The zero-order chi connectivity index (χ0) is 15.1. The Bertz CT molecular complexity index is 445. The van der Waals surface area contributed by atoms with E-state index in [-0.39, 0.29) is 5.91 Å². The van der Waals surface area contributed by atoms with E-state index in [0.29, 0.717) is 19.0 Å². The molecule has 1 aromatic rings. The second-order valence-corrected chi connectivity index (χ2v) is 5.57. The molecule has 0 saturated carbocycles. The summed E-state index contributed by atoms with van der Waals surface area (Å²) >= 11 is 0. The minimum absolute atomic E-state index is 0.0294. The Morgan fingerprint density at radius 1 is 1.45 bits per heavy atom. The molecule has 0 aromatic carbocycles. The maximum atomic E-state index is 11.8. The maximum absolute atomic E-state index is 11.8. The van der Waals surface area contributed by atoms with Crippen LogP contribution in [0, 0.1) is 12.8 Å². The summed E-state index contributed by atoms with van der Waals surface area (Å²) in [6, 6.07) is 2.10. The first-order valence-electron chi connectivity index (χ1n) is 7.02. The number of rotatable bonds is 7. The van der Waals surface area contributed by atoms with Crippen molar-refractivity contribution in [3.63, 3.8) is 0 Å². The van der Waals surface area contributed by atoms with E-state index in [4.69, 9.17) is 0 Å². The van der Waals surface area contributed by atoms with Crippen molar-refractivity contribution < 1.29 is 4.79 Å². The lowest BCUT2D eigenvalue weighted by molar-refractivity contribution is -0.119. The van der Waals surface area contributed by atoms with Crippen molar-refractivity contribution in [2.45, 2.75) is 27.3 Å². The van der Waals surface area contributed by atoms with Crippen molar-refractivity contribution in [3.8, 4) is 0 Å². The molecule has 0 fully saturated rings. The Balaban J connectivity index is 2.63. The molecule has 2 N–H and O–H groups in total. The van der Waals surface area contributed by atoms with E-state index < -0.39 is 0 Å². The van der Waals surface area contributed by atoms with Crippen molar-refractivity contribution in [2.75, 3.05) is 32.1 Å². The van der Waals surface area contributed by atoms with E-state index in [9.17, 15) is 4.79 Å². The van der Waals surface area contributed by atoms with Gasteiger partial charge in [-0.25, -0.2) is 4.98 Å². The van der Waals surface area contributed by atoms with Gasteiger partial charge in [-0.1, -0.05) is 13.8 Å². The number of pyridine rings is 1. The molecule has 0 unspecified atom stereocenters. The summed E-state index contributed by atoms with van der Waals surface area (Å²) in [5.41, 5.74) is 2.23. The minimum Gasteiger partial charge on any atom is -0.354 e. The largest absolute Gasteiger partial charge is 0.354 e. The van der Waals surface area contributed by atoms with Gasteiger partial charge in [-0.2, -0.15) is 0 Å². The first-order chi connectivity index (χ1) is 9.43. The molecule has 1 amide bonds. The van der Waals surface area contributed by atoms with Crippen LogP contribution < -0.4 is 15.5 Å². The summed E-state index contributed by atoms with van der Waals surface area (Å²) in [4.78, 5) is 18.2. The smallest absolute Gasteiger partial charge is 0.239 e. The Labute approximate surface area is 121 Å². The Hall–Kier alpha value is -1.62. The number of nitrogens with one attached hydrogen (secondary N) is 2. The monoisotopic (exact) mass is 278 g/mol. The zero-order valence-corrected chi connectivity index (χ0v) is 13.2. The highest BCUT2D eigenvalue weighted by molar-refractivity contribution is 5.81. The van der Waals surface area contributed by atoms with Crippen molar-refractivity contribution >= 4 is 11.7 Å². The molecule has 0 atom stereocenters. The predicted octanol–water partition coefficient (Wildman–Crippen LogP) is 1.32. The molecule has 5 nitrogen and oxygen atoms in total. The molecule has 0 aliphatic rings. The molecule has 0 bridgehead atoms. The molecule has 0 radical (unpaired) electrons. The maximum Gasteiger partial charge on any atom is 0.239 e. The van der Waals surface area contributed by atoms with Crippen LogP contribution in [0.1, 0.15) is 25.0 Å². The van der Waals surface area contributed by atoms with Gasteiger partial charge in [0.25, 0.3) is 0 Å². The molecule has 0 spiro atoms. The quantitative estimate of drug-likeness (QED) is 0.790. The normalized spacial score (nSPS) is 10.7. The lowest BCUT2D eigenvalue weighted by Crippen LogP contribution is -2.37. The molecular formula is C15H26N4O. The number of aryl methyl sites for hydroxylation is 1. The van der Waals surface area contributed by atoms with E-state index in [1.807, 2.05) is 32.1 Å². The summed E-state index contributed by atoms with van der Waals surface area (Å²) in [5, 5.41) is 6.02. The first kappa shape index (κ1) is 16.4. The topological polar surface area (TPSA) is 57.3 Å². The average Bonchev–Trinajstić information content (AvgIpc) is 2.36. The summed E-state index contributed by atoms with van der Waals surface area (Å²) in [5.74, 6) is 1.34. The summed E-state index contributed by atoms with van der Waals surface area (Å²) in [6.07, 6.45) is 1.85. The van der Waals surface area contributed by atoms with Gasteiger partial charge >= 0.3 is 0 Å². The highest BCUT2D eigenvalue weighted by Gasteiger charge is 2.11. The molecule has 0 aliphatic carbocycles. The standard InChI is InChI=1S/C15H26N4O/c1-11(2)7-17-14(20)10-19(5)15-12(3)6-13(8-16-4)9-18-15/h6,9,11,16H,7-8,10H2,1-5H3,(H,17,20). The van der Waals surface area contributed by atoms with Gasteiger partial charge in [0.05, 0.1) is 6.54 Å². The number of aromatic nitrogens is 1. The number of hydrogen-bond acceptors (Lipinski definition) is 4. The number of likely N-dealkylation sites (N-methyl/N-ethyl adjacent to an activating group) is 1. The van der Waals surface area contributed by atoms with Crippen LogP contribution in [0.2, 0.25) is 0 Å². The van der Waals surface area contributed by atoms with Gasteiger partial charge in [-0.3, -0.25) is 4.79 Å². The first-order valence-corrected chi connectivity index (χ1v) is 7.02. The number of hydrogen-bond donors (Lipinski definition) is 2. The third kappa shape index (κ3) is 5.17. The fourth-order valence-electron chi connectivity index (χ4n) is 1.99. The molecule has 0 saturated heterocycles. The van der Waals surface area contributed by atoms with Crippen LogP contribution in [0.4, 0.5) is 5.82 Å². The van der Waals surface area contributed by atoms with Gasteiger partial charge in [0, 0.05) is 26.3 Å². The van der Waals surface area contributed by atoms with E-state index in [2.05, 4.69) is 35.5 Å². The van der Waals surface area contributed by atoms with Gasteiger partial charge in [0.2, 0.25) is 5.91 Å². The molecule has 5 heteroatoms. The van der Waals surface area contributed by atoms with E-state index in [0.717, 1.165) is 23.5 Å². The predicted molar refractivity (Wildman–Crippen MR) is 82.9 cm³/mol. The minimum atomic E-state index is 0.0294. The third-order valence-electron chi connectivity index (χ3n) is 2.94. The van der Waals surface area contributed by atoms with E-state index in [1.54, 1.807) is 0 Å². The third-order valence-corrected chi connectivity index (χ3v) is 2.94. The van der Waals surface area contributed by atoms with Gasteiger partial charge in [0.15, 0.2) is 0 Å². The fourth-order valence-corrected chi connectivity index (χ4v) is 1.99. The Kier molecular flexibility index (Phi) is 6.45. The molecule has 1 aromatic heterocycles. The number of anilines is 1. The molecule has 112 valence electrons. The number of carbonyl (C=O) groups is 1. The molecule has 1 heterocycles. The molecular weight excluding hydrogens is 252 g/mol. The Morgan fingerprint density at radius 2 is 2.15 bits per heavy atom. The van der Waals surface area contributed by atoms with Crippen LogP contribution in [0.5, 0.6) is 0 Å². The van der Waals surface area contributed by atoms with E-state index >= 15 is 0 Å². The van der Waals surface area contributed by atoms with Crippen molar-refractivity contribution in [2.24, 2.45) is 5.92 Å².